The number of rotatable bonds is 13. The Morgan fingerprint density at radius 2 is 1.18 bits per heavy atom. The van der Waals surface area contributed by atoms with E-state index in [2.05, 4.69) is 0 Å². The molecule has 0 aromatic heterocycles. The van der Waals surface area contributed by atoms with Gasteiger partial charge >= 0.3 is 17.9 Å². The standard InChI is InChI=1S/C15H21N3O15/c19-9(1-4-16(24)25)30-7-8-13(32-10(20)2-5-17(26)27)14(12(22)15(23)31-8)33-11(21)3-6-18(28)29/h8,12-15,22-23H,1-7H2/t8-,12-,13-,14-,15+/m1/s1. The lowest BCUT2D eigenvalue weighted by Gasteiger charge is -2.41. The molecule has 5 atom stereocenters. The van der Waals surface area contributed by atoms with E-state index in [0.29, 0.717) is 0 Å². The van der Waals surface area contributed by atoms with Crippen molar-refractivity contribution in [1.29, 1.82) is 0 Å². The van der Waals surface area contributed by atoms with E-state index in [4.69, 9.17) is 18.9 Å². The molecular weight excluding hydrogens is 462 g/mol. The van der Waals surface area contributed by atoms with Crippen LogP contribution in [0.2, 0.25) is 0 Å². The molecule has 2 N–H and O–H groups in total. The van der Waals surface area contributed by atoms with Gasteiger partial charge < -0.3 is 29.2 Å². The third kappa shape index (κ3) is 10.1. The SMILES string of the molecule is O=C(CC[N+](=O)[O-])OC[C@H]1O[C@H](O)[C@H](O)[C@@H](OC(=O)CC[N+](=O)[O-])[C@@H]1OC(=O)CC[N+](=O)[O-]. The molecule has 1 heterocycles. The third-order valence-electron chi connectivity index (χ3n) is 4.07. The highest BCUT2D eigenvalue weighted by Gasteiger charge is 2.50. The first-order valence-corrected chi connectivity index (χ1v) is 9.32. The highest BCUT2D eigenvalue weighted by Crippen LogP contribution is 2.26. The lowest BCUT2D eigenvalue weighted by atomic mass is 9.98. The van der Waals surface area contributed by atoms with Gasteiger partial charge in [0, 0.05) is 14.8 Å². The second kappa shape index (κ2) is 13.1. The van der Waals surface area contributed by atoms with Crippen molar-refractivity contribution < 1.29 is 58.3 Å². The number of aliphatic hydroxyl groups excluding tert-OH is 2. The van der Waals surface area contributed by atoms with Crippen molar-refractivity contribution in [2.24, 2.45) is 0 Å². The smallest absolute Gasteiger partial charge is 0.312 e. The summed E-state index contributed by atoms with van der Waals surface area (Å²) in [5.74, 6) is -3.47. The molecule has 18 heteroatoms. The van der Waals surface area contributed by atoms with Gasteiger partial charge in [-0.15, -0.1) is 0 Å². The Hall–Kier alpha value is -3.51. The maximum atomic E-state index is 12.0. The first-order valence-electron chi connectivity index (χ1n) is 9.32. The minimum absolute atomic E-state index is 0.627. The Kier molecular flexibility index (Phi) is 11.0. The van der Waals surface area contributed by atoms with Crippen LogP contribution in [-0.4, -0.2) is 99.8 Å². The summed E-state index contributed by atoms with van der Waals surface area (Å²) in [5.41, 5.74) is 0. The van der Waals surface area contributed by atoms with E-state index in [9.17, 15) is 54.9 Å². The minimum atomic E-state index is -2.05. The van der Waals surface area contributed by atoms with Crippen LogP contribution in [0.25, 0.3) is 0 Å². The fraction of sp³-hybridized carbons (Fsp3) is 0.800. The van der Waals surface area contributed by atoms with Gasteiger partial charge in [-0.1, -0.05) is 0 Å². The van der Waals surface area contributed by atoms with E-state index in [1.807, 2.05) is 0 Å². The summed E-state index contributed by atoms with van der Waals surface area (Å²) in [5, 5.41) is 51.2. The largest absolute Gasteiger partial charge is 0.463 e. The fourth-order valence-corrected chi connectivity index (χ4v) is 2.54. The van der Waals surface area contributed by atoms with Gasteiger partial charge in [0.1, 0.15) is 38.1 Å². The normalized spacial score (nSPS) is 24.4. The predicted molar refractivity (Wildman–Crippen MR) is 97.0 cm³/mol. The second-order valence-electron chi connectivity index (χ2n) is 6.57. The average molecular weight is 483 g/mol. The number of nitro groups is 3. The molecule has 0 amide bonds. The first kappa shape index (κ1) is 27.5. The maximum Gasteiger partial charge on any atom is 0.312 e. The number of hydrogen-bond acceptors (Lipinski definition) is 15. The Bertz CT molecular complexity index is 759. The Balaban J connectivity index is 2.98. The van der Waals surface area contributed by atoms with Crippen LogP contribution in [0.5, 0.6) is 0 Å². The number of carbonyl (C=O) groups is 3. The minimum Gasteiger partial charge on any atom is -0.463 e. The van der Waals surface area contributed by atoms with Crippen LogP contribution in [-0.2, 0) is 33.3 Å². The van der Waals surface area contributed by atoms with Gasteiger partial charge in [-0.3, -0.25) is 44.7 Å². The van der Waals surface area contributed by atoms with Crippen LogP contribution in [0.15, 0.2) is 0 Å². The Morgan fingerprint density at radius 1 is 0.758 bits per heavy atom. The lowest BCUT2D eigenvalue weighted by molar-refractivity contribution is -0.479. The summed E-state index contributed by atoms with van der Waals surface area (Å²) in [6.07, 6.45) is -11.3. The third-order valence-corrected chi connectivity index (χ3v) is 4.07. The molecule has 0 unspecified atom stereocenters. The second-order valence-corrected chi connectivity index (χ2v) is 6.57. The summed E-state index contributed by atoms with van der Waals surface area (Å²) in [7, 11) is 0. The van der Waals surface area contributed by atoms with Gasteiger partial charge in [0.2, 0.25) is 19.6 Å². The molecule has 0 spiro atoms. The predicted octanol–water partition coefficient (Wildman–Crippen LogP) is -2.57. The molecule has 0 aromatic rings. The van der Waals surface area contributed by atoms with E-state index < -0.39 is 109 Å². The average Bonchev–Trinajstić information content (AvgIpc) is 2.73. The number of esters is 3. The van der Waals surface area contributed by atoms with Gasteiger partial charge in [-0.05, 0) is 0 Å². The fourth-order valence-electron chi connectivity index (χ4n) is 2.54. The number of nitrogens with zero attached hydrogens (tertiary/aromatic N) is 3. The van der Waals surface area contributed by atoms with Crippen LogP contribution in [0, 0.1) is 30.3 Å². The summed E-state index contributed by atoms with van der Waals surface area (Å²) in [6, 6.07) is 0. The highest BCUT2D eigenvalue weighted by atomic mass is 16.7. The Labute approximate surface area is 183 Å². The summed E-state index contributed by atoms with van der Waals surface area (Å²) in [4.78, 5) is 64.3. The van der Waals surface area contributed by atoms with Crippen molar-refractivity contribution in [2.75, 3.05) is 26.2 Å². The molecule has 0 aliphatic carbocycles. The summed E-state index contributed by atoms with van der Waals surface area (Å²) in [6.45, 7) is -3.19. The number of hydrogen-bond donors (Lipinski definition) is 2. The molecule has 0 radical (unpaired) electrons. The molecule has 1 saturated heterocycles. The van der Waals surface area contributed by atoms with Crippen LogP contribution in [0.1, 0.15) is 19.3 Å². The number of carbonyl (C=O) groups excluding carboxylic acids is 3. The van der Waals surface area contributed by atoms with Gasteiger partial charge in [-0.25, -0.2) is 0 Å². The monoisotopic (exact) mass is 483 g/mol. The number of ether oxygens (including phenoxy) is 4. The van der Waals surface area contributed by atoms with Crippen LogP contribution in [0.3, 0.4) is 0 Å². The van der Waals surface area contributed by atoms with E-state index in [-0.39, 0.29) is 0 Å². The Morgan fingerprint density at radius 3 is 1.64 bits per heavy atom. The molecular formula is C15H21N3O15. The zero-order valence-corrected chi connectivity index (χ0v) is 16.9. The van der Waals surface area contributed by atoms with Gasteiger partial charge in [0.15, 0.2) is 18.5 Å². The quantitative estimate of drug-likeness (QED) is 0.118. The van der Waals surface area contributed by atoms with E-state index in [1.165, 1.54) is 0 Å². The molecule has 18 nitrogen and oxygen atoms in total. The van der Waals surface area contributed by atoms with Crippen LogP contribution in [0.4, 0.5) is 0 Å². The molecule has 0 saturated carbocycles. The zero-order valence-electron chi connectivity index (χ0n) is 16.9. The lowest BCUT2D eigenvalue weighted by Crippen LogP contribution is -2.61. The number of aliphatic hydroxyl groups is 2. The van der Waals surface area contributed by atoms with Gasteiger partial charge in [0.25, 0.3) is 0 Å². The van der Waals surface area contributed by atoms with Crippen molar-refractivity contribution in [3.05, 3.63) is 30.3 Å². The van der Waals surface area contributed by atoms with Crippen molar-refractivity contribution in [2.45, 2.75) is 50.0 Å². The van der Waals surface area contributed by atoms with Crippen molar-refractivity contribution in [3.8, 4) is 0 Å². The molecule has 0 aromatic carbocycles. The molecule has 186 valence electrons. The molecule has 1 aliphatic rings. The molecule has 1 rings (SSSR count). The molecule has 33 heavy (non-hydrogen) atoms. The summed E-state index contributed by atoms with van der Waals surface area (Å²) < 4.78 is 19.7. The van der Waals surface area contributed by atoms with E-state index in [1.54, 1.807) is 0 Å². The van der Waals surface area contributed by atoms with E-state index in [0.717, 1.165) is 0 Å². The molecule has 0 bridgehead atoms. The highest BCUT2D eigenvalue weighted by molar-refractivity contribution is 5.71. The maximum absolute atomic E-state index is 12.0. The molecule has 1 fully saturated rings. The van der Waals surface area contributed by atoms with Gasteiger partial charge in [0.05, 0.1) is 0 Å². The first-order chi connectivity index (χ1) is 15.4. The topological polar surface area (TPSA) is 258 Å². The molecule has 1 aliphatic heterocycles. The van der Waals surface area contributed by atoms with Crippen molar-refractivity contribution >= 4 is 17.9 Å². The van der Waals surface area contributed by atoms with Crippen LogP contribution >= 0.6 is 0 Å². The van der Waals surface area contributed by atoms with E-state index >= 15 is 0 Å². The van der Waals surface area contributed by atoms with Crippen molar-refractivity contribution in [1.82, 2.24) is 0 Å². The zero-order chi connectivity index (χ0) is 25.1. The van der Waals surface area contributed by atoms with Gasteiger partial charge in [-0.2, -0.15) is 0 Å². The van der Waals surface area contributed by atoms with Crippen molar-refractivity contribution in [3.63, 3.8) is 0 Å². The summed E-state index contributed by atoms with van der Waals surface area (Å²) >= 11 is 0. The van der Waals surface area contributed by atoms with Crippen LogP contribution < -0.4 is 0 Å².